The summed E-state index contributed by atoms with van der Waals surface area (Å²) >= 11 is 0. The average Bonchev–Trinajstić information content (AvgIpc) is 3.35. The normalized spacial score (nSPS) is 14.9. The van der Waals surface area contributed by atoms with Crippen LogP contribution in [0.15, 0.2) is 65.8 Å². The molecule has 3 aromatic rings. The molecule has 1 heterocycles. The summed E-state index contributed by atoms with van der Waals surface area (Å²) in [6.07, 6.45) is 8.57. The molecule has 1 saturated carbocycles. The highest BCUT2D eigenvalue weighted by Crippen LogP contribution is 2.40. The van der Waals surface area contributed by atoms with Crippen LogP contribution < -0.4 is 14.8 Å². The maximum atomic E-state index is 12.9. The third kappa shape index (κ3) is 5.74. The number of benzene rings is 2. The van der Waals surface area contributed by atoms with Gasteiger partial charge in [0, 0.05) is 36.0 Å². The van der Waals surface area contributed by atoms with Crippen molar-refractivity contribution in [3.63, 3.8) is 0 Å². The van der Waals surface area contributed by atoms with Crippen LogP contribution in [0.3, 0.4) is 0 Å². The lowest BCUT2D eigenvalue weighted by molar-refractivity contribution is 0.0697. The Bertz CT molecular complexity index is 1290. The van der Waals surface area contributed by atoms with E-state index in [1.807, 2.05) is 6.07 Å². The van der Waals surface area contributed by atoms with Crippen LogP contribution in [0.25, 0.3) is 0 Å². The first kappa shape index (κ1) is 24.5. The molecule has 9 heteroatoms. The number of pyridine rings is 1. The molecule has 1 aromatic heterocycles. The van der Waals surface area contributed by atoms with Crippen LogP contribution in [0, 0.1) is 0 Å². The summed E-state index contributed by atoms with van der Waals surface area (Å²) in [4.78, 5) is 15.6. The van der Waals surface area contributed by atoms with E-state index in [2.05, 4.69) is 10.3 Å². The summed E-state index contributed by atoms with van der Waals surface area (Å²) in [5.74, 6) is -0.181. The summed E-state index contributed by atoms with van der Waals surface area (Å²) in [6, 6.07) is 12.5. The lowest BCUT2D eigenvalue weighted by Gasteiger charge is -2.25. The number of carboxylic acids is 1. The van der Waals surface area contributed by atoms with E-state index < -0.39 is 21.8 Å². The third-order valence-corrected chi connectivity index (χ3v) is 7.22. The molecule has 184 valence electrons. The van der Waals surface area contributed by atoms with Crippen LogP contribution in [0.1, 0.15) is 53.2 Å². The number of carbonyl (C=O) groups is 1. The van der Waals surface area contributed by atoms with Crippen molar-refractivity contribution < 1.29 is 27.8 Å². The number of ether oxygens (including phenoxy) is 2. The number of nitrogens with zero attached hydrogens (tertiary/aromatic N) is 1. The van der Waals surface area contributed by atoms with Gasteiger partial charge in [0.1, 0.15) is 0 Å². The van der Waals surface area contributed by atoms with E-state index in [0.717, 1.165) is 37.5 Å². The number of methoxy groups -OCH3 is 1. The van der Waals surface area contributed by atoms with Crippen molar-refractivity contribution in [1.29, 1.82) is 0 Å². The number of hydrogen-bond donors (Lipinski definition) is 2. The minimum atomic E-state index is -3.65. The lowest BCUT2D eigenvalue weighted by atomic mass is 9.98. The molecule has 0 aliphatic heterocycles. The zero-order chi connectivity index (χ0) is 25.0. The van der Waals surface area contributed by atoms with Crippen molar-refractivity contribution in [2.24, 2.45) is 0 Å². The molecule has 1 aliphatic carbocycles. The number of anilines is 1. The molecule has 0 saturated heterocycles. The van der Waals surface area contributed by atoms with Gasteiger partial charge in [-0.15, -0.1) is 0 Å². The maximum Gasteiger partial charge on any atom is 0.335 e. The molecule has 1 unspecified atom stereocenters. The fourth-order valence-corrected chi connectivity index (χ4v) is 5.23. The highest BCUT2D eigenvalue weighted by Gasteiger charge is 2.27. The van der Waals surface area contributed by atoms with Gasteiger partial charge < -0.3 is 19.9 Å². The molecule has 1 atom stereocenters. The van der Waals surface area contributed by atoms with Crippen molar-refractivity contribution in [3.05, 3.63) is 77.6 Å². The Morgan fingerprint density at radius 3 is 2.40 bits per heavy atom. The number of aromatic nitrogens is 1. The first-order valence-electron chi connectivity index (χ1n) is 11.3. The second kappa shape index (κ2) is 10.4. The van der Waals surface area contributed by atoms with Gasteiger partial charge in [0.2, 0.25) is 0 Å². The van der Waals surface area contributed by atoms with Crippen LogP contribution in [-0.4, -0.2) is 43.9 Å². The highest BCUT2D eigenvalue weighted by molar-refractivity contribution is 7.90. The molecule has 0 amide bonds. The van der Waals surface area contributed by atoms with E-state index in [0.29, 0.717) is 22.7 Å². The van der Waals surface area contributed by atoms with Gasteiger partial charge in [0.05, 0.1) is 29.7 Å². The summed E-state index contributed by atoms with van der Waals surface area (Å²) < 4.78 is 37.5. The van der Waals surface area contributed by atoms with E-state index >= 15 is 0 Å². The molecule has 0 spiro atoms. The van der Waals surface area contributed by atoms with E-state index in [4.69, 9.17) is 9.47 Å². The molecule has 1 fully saturated rings. The second-order valence-corrected chi connectivity index (χ2v) is 10.6. The van der Waals surface area contributed by atoms with E-state index in [9.17, 15) is 18.3 Å². The number of hydrogen-bond acceptors (Lipinski definition) is 7. The summed E-state index contributed by atoms with van der Waals surface area (Å²) in [5.41, 5.74) is 1.99. The molecule has 0 bridgehead atoms. The predicted octanol–water partition coefficient (Wildman–Crippen LogP) is 4.71. The molecule has 1 aliphatic rings. The average molecular weight is 497 g/mol. The van der Waals surface area contributed by atoms with E-state index in [-0.39, 0.29) is 16.6 Å². The largest absolute Gasteiger partial charge is 0.493 e. The summed E-state index contributed by atoms with van der Waals surface area (Å²) in [6.45, 7) is 0. The minimum Gasteiger partial charge on any atom is -0.493 e. The maximum absolute atomic E-state index is 12.9. The molecule has 2 aromatic carbocycles. The molecular formula is C26H28N2O6S. The first-order valence-corrected chi connectivity index (χ1v) is 13.2. The number of carboxylic acid groups (broad SMARTS) is 1. The van der Waals surface area contributed by atoms with Crippen molar-refractivity contribution in [1.82, 2.24) is 4.98 Å². The van der Waals surface area contributed by atoms with Gasteiger partial charge in [-0.2, -0.15) is 0 Å². The molecule has 0 radical (unpaired) electrons. The van der Waals surface area contributed by atoms with Crippen molar-refractivity contribution in [2.45, 2.75) is 42.7 Å². The molecule has 4 rings (SSSR count). The van der Waals surface area contributed by atoms with Crippen molar-refractivity contribution >= 4 is 21.5 Å². The zero-order valence-corrected chi connectivity index (χ0v) is 20.4. The standard InChI is InChI=1S/C26H28N2O6S/c1-33-22-15-24(35(2,31)32)21(14-23(22)34-20-7-3-4-8-20)25(18-6-5-13-27-16-18)28-19-11-9-17(10-12-19)26(29)30/h5-6,9-16,20,25,28H,3-4,7-8H2,1-2H3,(H,29,30). The van der Waals surface area contributed by atoms with E-state index in [1.165, 1.54) is 25.3 Å². The number of nitrogens with one attached hydrogen (secondary N) is 1. The van der Waals surface area contributed by atoms with Crippen molar-refractivity contribution in [2.75, 3.05) is 18.7 Å². The van der Waals surface area contributed by atoms with Gasteiger partial charge in [-0.1, -0.05) is 6.07 Å². The fourth-order valence-electron chi connectivity index (χ4n) is 4.30. The Balaban J connectivity index is 1.84. The van der Waals surface area contributed by atoms with E-state index in [1.54, 1.807) is 36.7 Å². The fraction of sp³-hybridized carbons (Fsp3) is 0.308. The predicted molar refractivity (Wildman–Crippen MR) is 132 cm³/mol. The summed E-state index contributed by atoms with van der Waals surface area (Å²) in [7, 11) is -2.16. The second-order valence-electron chi connectivity index (χ2n) is 8.58. The van der Waals surface area contributed by atoms with Gasteiger partial charge in [0.15, 0.2) is 21.3 Å². The number of aromatic carboxylic acids is 1. The van der Waals surface area contributed by atoms with Crippen LogP contribution in [0.5, 0.6) is 11.5 Å². The van der Waals surface area contributed by atoms with Crippen molar-refractivity contribution in [3.8, 4) is 11.5 Å². The van der Waals surface area contributed by atoms with Gasteiger partial charge in [-0.05, 0) is 67.6 Å². The number of sulfone groups is 1. The SMILES string of the molecule is COc1cc(S(C)(=O)=O)c(C(Nc2ccc(C(=O)O)cc2)c2cccnc2)cc1OC1CCCC1. The smallest absolute Gasteiger partial charge is 0.335 e. The first-order chi connectivity index (χ1) is 16.8. The third-order valence-electron chi connectivity index (χ3n) is 6.06. The van der Waals surface area contributed by atoms with Gasteiger partial charge in [-0.25, -0.2) is 13.2 Å². The Morgan fingerprint density at radius 1 is 1.11 bits per heavy atom. The van der Waals surface area contributed by atoms with Gasteiger partial charge in [0.25, 0.3) is 0 Å². The monoisotopic (exact) mass is 496 g/mol. The van der Waals surface area contributed by atoms with Gasteiger partial charge in [-0.3, -0.25) is 4.98 Å². The molecule has 35 heavy (non-hydrogen) atoms. The Kier molecular flexibility index (Phi) is 7.25. The van der Waals surface area contributed by atoms with Gasteiger partial charge >= 0.3 is 5.97 Å². The topological polar surface area (TPSA) is 115 Å². The van der Waals surface area contributed by atoms with Crippen LogP contribution in [0.4, 0.5) is 5.69 Å². The molecular weight excluding hydrogens is 468 g/mol. The van der Waals surface area contributed by atoms with Crippen LogP contribution in [0.2, 0.25) is 0 Å². The molecule has 8 nitrogen and oxygen atoms in total. The van der Waals surface area contributed by atoms with Crippen LogP contribution in [-0.2, 0) is 9.84 Å². The Hall–Kier alpha value is -3.59. The Morgan fingerprint density at radius 2 is 1.83 bits per heavy atom. The lowest BCUT2D eigenvalue weighted by Crippen LogP contribution is -2.18. The number of rotatable bonds is 9. The zero-order valence-electron chi connectivity index (χ0n) is 19.6. The summed E-state index contributed by atoms with van der Waals surface area (Å²) in [5, 5.41) is 12.6. The minimum absolute atomic E-state index is 0.0502. The molecule has 2 N–H and O–H groups in total. The quantitative estimate of drug-likeness (QED) is 0.438. The highest BCUT2D eigenvalue weighted by atomic mass is 32.2. The Labute approximate surface area is 204 Å². The van der Waals surface area contributed by atoms with Crippen LogP contribution >= 0.6 is 0 Å².